The van der Waals surface area contributed by atoms with Gasteiger partial charge in [0, 0.05) is 18.7 Å². The maximum absolute atomic E-state index is 4.85. The first kappa shape index (κ1) is 14.8. The molecule has 7 nitrogen and oxygen atoms in total. The number of benzene rings is 1. The van der Waals surface area contributed by atoms with Crippen molar-refractivity contribution in [2.75, 3.05) is 5.32 Å². The Morgan fingerprint density at radius 1 is 1.16 bits per heavy atom. The number of halogens is 1. The van der Waals surface area contributed by atoms with Crippen molar-refractivity contribution in [3.63, 3.8) is 0 Å². The summed E-state index contributed by atoms with van der Waals surface area (Å²) in [5, 5.41) is 11.2. The first-order chi connectivity index (χ1) is 12.3. The molecule has 4 heterocycles. The van der Waals surface area contributed by atoms with Gasteiger partial charge in [0.2, 0.25) is 0 Å². The number of fused-ring (bicyclic) bond motifs is 4. The van der Waals surface area contributed by atoms with Gasteiger partial charge in [0.25, 0.3) is 0 Å². The lowest BCUT2D eigenvalue weighted by Crippen LogP contribution is -2.00. The number of aromatic nitrogens is 6. The summed E-state index contributed by atoms with van der Waals surface area (Å²) in [5.41, 5.74) is 3.81. The van der Waals surface area contributed by atoms with Gasteiger partial charge in [-0.1, -0.05) is 6.42 Å². The summed E-state index contributed by atoms with van der Waals surface area (Å²) in [6.45, 7) is 1.06. The van der Waals surface area contributed by atoms with Crippen LogP contribution in [0.15, 0.2) is 29.1 Å². The molecule has 126 valence electrons. The van der Waals surface area contributed by atoms with Gasteiger partial charge in [0.05, 0.1) is 16.4 Å². The normalized spacial score (nSPS) is 14.6. The van der Waals surface area contributed by atoms with Crippen LogP contribution in [0.2, 0.25) is 0 Å². The van der Waals surface area contributed by atoms with Gasteiger partial charge in [0.1, 0.15) is 22.6 Å². The maximum Gasteiger partial charge on any atom is 0.187 e. The van der Waals surface area contributed by atoms with Crippen molar-refractivity contribution in [2.45, 2.75) is 32.2 Å². The first-order valence-corrected chi connectivity index (χ1v) is 9.20. The molecule has 0 atom stereocenters. The van der Waals surface area contributed by atoms with Gasteiger partial charge < -0.3 is 9.88 Å². The fourth-order valence-corrected chi connectivity index (χ4v) is 3.93. The van der Waals surface area contributed by atoms with Gasteiger partial charge in [0.15, 0.2) is 5.65 Å². The molecule has 1 aliphatic heterocycles. The molecule has 1 aliphatic rings. The highest BCUT2D eigenvalue weighted by molar-refractivity contribution is 9.10. The van der Waals surface area contributed by atoms with E-state index in [0.29, 0.717) is 11.5 Å². The van der Waals surface area contributed by atoms with Crippen LogP contribution in [0.3, 0.4) is 0 Å². The molecule has 1 aromatic carbocycles. The summed E-state index contributed by atoms with van der Waals surface area (Å²) in [6.07, 6.45) is 6.31. The molecule has 0 spiro atoms. The van der Waals surface area contributed by atoms with Crippen LogP contribution in [0, 0.1) is 0 Å². The van der Waals surface area contributed by atoms with E-state index in [9.17, 15) is 0 Å². The number of nitrogens with zero attached hydrogens (tertiary/aromatic N) is 5. The van der Waals surface area contributed by atoms with Crippen LogP contribution in [0.25, 0.3) is 22.1 Å². The van der Waals surface area contributed by atoms with Gasteiger partial charge in [-0.25, -0.2) is 15.0 Å². The van der Waals surface area contributed by atoms with E-state index in [4.69, 9.17) is 4.98 Å². The van der Waals surface area contributed by atoms with Gasteiger partial charge in [-0.05, 0) is 47.0 Å². The Labute approximate surface area is 152 Å². The minimum absolute atomic E-state index is 0.624. The molecule has 0 saturated carbocycles. The number of rotatable bonds is 2. The van der Waals surface area contributed by atoms with Crippen molar-refractivity contribution in [1.29, 1.82) is 0 Å². The Balaban J connectivity index is 1.56. The molecule has 0 fully saturated rings. The Bertz CT molecular complexity index is 1080. The van der Waals surface area contributed by atoms with Crippen molar-refractivity contribution in [3.05, 3.63) is 35.0 Å². The molecule has 2 N–H and O–H groups in total. The summed E-state index contributed by atoms with van der Waals surface area (Å²) in [7, 11) is 0. The smallest absolute Gasteiger partial charge is 0.187 e. The Kier molecular flexibility index (Phi) is 3.44. The van der Waals surface area contributed by atoms with Crippen LogP contribution in [0.5, 0.6) is 0 Å². The van der Waals surface area contributed by atoms with E-state index in [1.165, 1.54) is 36.9 Å². The second-order valence-electron chi connectivity index (χ2n) is 6.28. The molecule has 3 aromatic heterocycles. The predicted molar refractivity (Wildman–Crippen MR) is 100.0 cm³/mol. The molecule has 0 unspecified atom stereocenters. The minimum Gasteiger partial charge on any atom is -0.339 e. The SMILES string of the molecule is Brc1[nH]nc2ncnc(Nc3ccc4c(c3)nc3n4CCCCC3)c12. The molecule has 0 bridgehead atoms. The van der Waals surface area contributed by atoms with Crippen molar-refractivity contribution in [3.8, 4) is 0 Å². The van der Waals surface area contributed by atoms with Gasteiger partial charge >= 0.3 is 0 Å². The zero-order chi connectivity index (χ0) is 16.8. The van der Waals surface area contributed by atoms with Crippen molar-refractivity contribution < 1.29 is 0 Å². The van der Waals surface area contributed by atoms with Crippen LogP contribution >= 0.6 is 15.9 Å². The van der Waals surface area contributed by atoms with Crippen LogP contribution < -0.4 is 5.32 Å². The van der Waals surface area contributed by atoms with Crippen LogP contribution in [0.1, 0.15) is 25.1 Å². The number of aryl methyl sites for hydroxylation is 2. The quantitative estimate of drug-likeness (QED) is 0.535. The number of hydrogen-bond acceptors (Lipinski definition) is 5. The minimum atomic E-state index is 0.624. The highest BCUT2D eigenvalue weighted by Crippen LogP contribution is 2.29. The third-order valence-corrected chi connectivity index (χ3v) is 5.25. The lowest BCUT2D eigenvalue weighted by Gasteiger charge is -2.07. The summed E-state index contributed by atoms with van der Waals surface area (Å²) < 4.78 is 3.13. The maximum atomic E-state index is 4.85. The molecule has 0 radical (unpaired) electrons. The largest absolute Gasteiger partial charge is 0.339 e. The third kappa shape index (κ3) is 2.48. The number of aromatic amines is 1. The second kappa shape index (κ2) is 5.80. The first-order valence-electron chi connectivity index (χ1n) is 8.40. The Morgan fingerprint density at radius 3 is 3.08 bits per heavy atom. The summed E-state index contributed by atoms with van der Waals surface area (Å²) in [6, 6.07) is 6.30. The molecule has 0 amide bonds. The molecule has 5 rings (SSSR count). The number of nitrogens with one attached hydrogen (secondary N) is 2. The lowest BCUT2D eigenvalue weighted by atomic mass is 10.2. The highest BCUT2D eigenvalue weighted by atomic mass is 79.9. The number of imidazole rings is 1. The second-order valence-corrected chi connectivity index (χ2v) is 7.07. The zero-order valence-corrected chi connectivity index (χ0v) is 15.0. The molecule has 8 heteroatoms. The van der Waals surface area contributed by atoms with Crippen molar-refractivity contribution in [1.82, 2.24) is 29.7 Å². The summed E-state index contributed by atoms with van der Waals surface area (Å²) >= 11 is 3.46. The Hall–Kier alpha value is -2.48. The fourth-order valence-electron chi connectivity index (χ4n) is 3.48. The topological polar surface area (TPSA) is 84.3 Å². The molecule has 25 heavy (non-hydrogen) atoms. The van der Waals surface area contributed by atoms with E-state index >= 15 is 0 Å². The van der Waals surface area contributed by atoms with E-state index < -0.39 is 0 Å². The fraction of sp³-hybridized carbons (Fsp3) is 0.294. The zero-order valence-electron chi connectivity index (χ0n) is 13.5. The van der Waals surface area contributed by atoms with Crippen LogP contribution in [0.4, 0.5) is 11.5 Å². The average molecular weight is 398 g/mol. The van der Waals surface area contributed by atoms with E-state index in [0.717, 1.165) is 34.2 Å². The van der Waals surface area contributed by atoms with Gasteiger partial charge in [-0.2, -0.15) is 5.10 Å². The standard InChI is InChI=1S/C17H16BrN7/c18-15-14-16(19-9-20-17(14)24-23-15)21-10-5-6-12-11(8-10)22-13-4-2-1-3-7-25(12)13/h5-6,8-9H,1-4,7H2,(H2,19,20,21,23,24). The third-order valence-electron chi connectivity index (χ3n) is 4.68. The molecular weight excluding hydrogens is 382 g/mol. The van der Waals surface area contributed by atoms with Crippen LogP contribution in [-0.4, -0.2) is 29.7 Å². The van der Waals surface area contributed by atoms with E-state index in [1.807, 2.05) is 0 Å². The Morgan fingerprint density at radius 2 is 2.12 bits per heavy atom. The van der Waals surface area contributed by atoms with Gasteiger partial charge in [-0.3, -0.25) is 5.10 Å². The molecule has 0 saturated heterocycles. The predicted octanol–water partition coefficient (Wildman–Crippen LogP) is 3.94. The van der Waals surface area contributed by atoms with E-state index in [-0.39, 0.29) is 0 Å². The number of H-pyrrole nitrogens is 1. The summed E-state index contributed by atoms with van der Waals surface area (Å²) in [5.74, 6) is 1.91. The van der Waals surface area contributed by atoms with Crippen LogP contribution in [-0.2, 0) is 13.0 Å². The highest BCUT2D eigenvalue weighted by Gasteiger charge is 2.15. The number of hydrogen-bond donors (Lipinski definition) is 2. The monoisotopic (exact) mass is 397 g/mol. The molecule has 0 aliphatic carbocycles. The van der Waals surface area contributed by atoms with Gasteiger partial charge in [-0.15, -0.1) is 0 Å². The average Bonchev–Trinajstić information content (AvgIpc) is 3.07. The van der Waals surface area contributed by atoms with E-state index in [1.54, 1.807) is 0 Å². The number of anilines is 2. The van der Waals surface area contributed by atoms with Crippen molar-refractivity contribution >= 4 is 49.5 Å². The van der Waals surface area contributed by atoms with Crippen molar-refractivity contribution in [2.24, 2.45) is 0 Å². The molecular formula is C17H16BrN7. The lowest BCUT2D eigenvalue weighted by molar-refractivity contribution is 0.647. The summed E-state index contributed by atoms with van der Waals surface area (Å²) in [4.78, 5) is 13.4. The molecule has 4 aromatic rings. The van der Waals surface area contributed by atoms with E-state index in [2.05, 4.69) is 64.2 Å².